The number of sulfonamides is 1. The summed E-state index contributed by atoms with van der Waals surface area (Å²) in [4.78, 5) is 6.26. The molecule has 15 heteroatoms. The highest BCUT2D eigenvalue weighted by Crippen LogP contribution is 2.45. The number of halogens is 8. The Morgan fingerprint density at radius 1 is 1.00 bits per heavy atom. The van der Waals surface area contributed by atoms with Gasteiger partial charge in [-0.2, -0.15) is 26.3 Å². The van der Waals surface area contributed by atoms with Crippen LogP contribution < -0.4 is 4.31 Å². The van der Waals surface area contributed by atoms with Gasteiger partial charge in [0.25, 0.3) is 10.0 Å². The van der Waals surface area contributed by atoms with Crippen molar-refractivity contribution in [2.45, 2.75) is 12.4 Å². The lowest BCUT2D eigenvalue weighted by Crippen LogP contribution is -2.43. The van der Waals surface area contributed by atoms with Crippen LogP contribution in [-0.2, 0) is 14.8 Å². The largest absolute Gasteiger partial charge is 0.480 e. The van der Waals surface area contributed by atoms with E-state index in [9.17, 15) is 34.8 Å². The van der Waals surface area contributed by atoms with Gasteiger partial charge < -0.3 is 4.74 Å². The van der Waals surface area contributed by atoms with Crippen LogP contribution in [0.15, 0.2) is 30.6 Å². The van der Waals surface area contributed by atoms with E-state index in [1.807, 2.05) is 0 Å². The van der Waals surface area contributed by atoms with Gasteiger partial charge in [-0.05, 0) is 12.1 Å². The standard InChI is InChI=1S/C16H9Cl2F6N3O3S/c17-8-1-2-9(10(18)5-8)13-12(30-7-16(22,23)24)11-14(26-4-3-25-11)27(31(13,28)29)6-15(19,20)21/h1-5H,6-7H2. The van der Waals surface area contributed by atoms with Crippen LogP contribution >= 0.6 is 23.2 Å². The summed E-state index contributed by atoms with van der Waals surface area (Å²) in [6.45, 7) is -3.95. The maximum Gasteiger partial charge on any atom is 0.422 e. The molecular formula is C16H9Cl2F6N3O3S. The summed E-state index contributed by atoms with van der Waals surface area (Å²) in [7, 11) is -5.15. The third kappa shape index (κ3) is 4.99. The molecule has 1 aliphatic rings. The Morgan fingerprint density at radius 3 is 2.23 bits per heavy atom. The van der Waals surface area contributed by atoms with Crippen LogP contribution in [0.2, 0.25) is 10.0 Å². The van der Waals surface area contributed by atoms with Gasteiger partial charge in [0.1, 0.15) is 17.1 Å². The Hall–Kier alpha value is -2.25. The second kappa shape index (κ2) is 8.02. The molecule has 1 aromatic carbocycles. The molecule has 0 saturated heterocycles. The van der Waals surface area contributed by atoms with Crippen LogP contribution in [0.25, 0.3) is 10.7 Å². The van der Waals surface area contributed by atoms with Crippen LogP contribution in [0.5, 0.6) is 0 Å². The zero-order chi connectivity index (χ0) is 23.2. The van der Waals surface area contributed by atoms with E-state index in [4.69, 9.17) is 27.9 Å². The molecule has 2 aromatic rings. The van der Waals surface area contributed by atoms with Crippen LogP contribution in [0, 0.1) is 0 Å². The highest BCUT2D eigenvalue weighted by Gasteiger charge is 2.47. The average Bonchev–Trinajstić information content (AvgIpc) is 2.62. The molecule has 1 aromatic heterocycles. The minimum atomic E-state index is -5.15. The van der Waals surface area contributed by atoms with Crippen LogP contribution in [0.4, 0.5) is 32.2 Å². The lowest BCUT2D eigenvalue weighted by molar-refractivity contribution is -0.158. The molecule has 0 unspecified atom stereocenters. The van der Waals surface area contributed by atoms with Gasteiger partial charge in [0, 0.05) is 23.0 Å². The normalized spacial score (nSPS) is 16.3. The molecule has 0 amide bonds. The van der Waals surface area contributed by atoms with Crippen LogP contribution in [-0.4, -0.2) is 43.9 Å². The Morgan fingerprint density at radius 2 is 1.65 bits per heavy atom. The third-order valence-electron chi connectivity index (χ3n) is 3.76. The number of fused-ring (bicyclic) bond motifs is 1. The number of aromatic nitrogens is 2. The Bertz CT molecular complexity index is 1150. The van der Waals surface area contributed by atoms with Gasteiger partial charge in [0.05, 0.1) is 5.02 Å². The van der Waals surface area contributed by atoms with Crippen molar-refractivity contribution in [1.82, 2.24) is 9.97 Å². The quantitative estimate of drug-likeness (QED) is 0.550. The van der Waals surface area contributed by atoms with Crippen molar-refractivity contribution in [3.8, 4) is 0 Å². The maximum absolute atomic E-state index is 13.2. The highest BCUT2D eigenvalue weighted by atomic mass is 35.5. The zero-order valence-electron chi connectivity index (χ0n) is 14.8. The van der Waals surface area contributed by atoms with E-state index in [0.29, 0.717) is 0 Å². The minimum Gasteiger partial charge on any atom is -0.480 e. The van der Waals surface area contributed by atoms with Gasteiger partial charge in [0.2, 0.25) is 0 Å². The van der Waals surface area contributed by atoms with Crippen molar-refractivity contribution >= 4 is 49.7 Å². The van der Waals surface area contributed by atoms with E-state index in [1.54, 1.807) is 0 Å². The molecule has 2 heterocycles. The summed E-state index contributed by atoms with van der Waals surface area (Å²) >= 11 is 11.8. The molecule has 0 bridgehead atoms. The summed E-state index contributed by atoms with van der Waals surface area (Å²) in [6, 6.07) is 3.26. The highest BCUT2D eigenvalue weighted by molar-refractivity contribution is 8.02. The first kappa shape index (κ1) is 23.4. The topological polar surface area (TPSA) is 72.4 Å². The van der Waals surface area contributed by atoms with Crippen LogP contribution in [0.3, 0.4) is 0 Å². The Kier molecular flexibility index (Phi) is 6.06. The van der Waals surface area contributed by atoms with Crippen molar-refractivity contribution in [3.63, 3.8) is 0 Å². The minimum absolute atomic E-state index is 0.0488. The summed E-state index contributed by atoms with van der Waals surface area (Å²) < 4.78 is 109. The molecule has 0 atom stereocenters. The summed E-state index contributed by atoms with van der Waals surface area (Å²) in [5.74, 6) is -1.78. The number of hydrogen-bond acceptors (Lipinski definition) is 5. The van der Waals surface area contributed by atoms with Gasteiger partial charge in [0.15, 0.2) is 18.2 Å². The SMILES string of the molecule is O=S1(=O)C(c2ccc(Cl)cc2Cl)=C(OCC(F)(F)F)c2nccnc2N1CC(F)(F)F. The van der Waals surface area contributed by atoms with Gasteiger partial charge >= 0.3 is 12.4 Å². The van der Waals surface area contributed by atoms with Crippen molar-refractivity contribution in [1.29, 1.82) is 0 Å². The Labute approximate surface area is 181 Å². The summed E-state index contributed by atoms with van der Waals surface area (Å²) in [6.07, 6.45) is -8.06. The molecule has 168 valence electrons. The summed E-state index contributed by atoms with van der Waals surface area (Å²) in [5, 5.41) is -0.300. The molecule has 3 rings (SSSR count). The zero-order valence-corrected chi connectivity index (χ0v) is 17.1. The number of nitrogens with zero attached hydrogens (tertiary/aromatic N) is 3. The van der Waals surface area contributed by atoms with E-state index in [1.165, 1.54) is 0 Å². The number of ether oxygens (including phenoxy) is 1. The first-order chi connectivity index (χ1) is 14.2. The molecule has 6 nitrogen and oxygen atoms in total. The van der Waals surface area contributed by atoms with Crippen LogP contribution in [0.1, 0.15) is 11.3 Å². The molecular weight excluding hydrogens is 499 g/mol. The second-order valence-electron chi connectivity index (χ2n) is 6.04. The van der Waals surface area contributed by atoms with E-state index in [-0.39, 0.29) is 14.4 Å². The molecule has 1 aliphatic heterocycles. The lowest BCUT2D eigenvalue weighted by atomic mass is 10.1. The fourth-order valence-electron chi connectivity index (χ4n) is 2.67. The number of hydrogen-bond donors (Lipinski definition) is 0. The van der Waals surface area contributed by atoms with Crippen molar-refractivity contribution in [2.75, 3.05) is 17.5 Å². The van der Waals surface area contributed by atoms with E-state index in [2.05, 4.69) is 9.97 Å². The van der Waals surface area contributed by atoms with Crippen molar-refractivity contribution in [3.05, 3.63) is 51.9 Å². The van der Waals surface area contributed by atoms with Crippen molar-refractivity contribution in [2.24, 2.45) is 0 Å². The van der Waals surface area contributed by atoms with Gasteiger partial charge in [-0.3, -0.25) is 0 Å². The molecule has 0 radical (unpaired) electrons. The fourth-order valence-corrected chi connectivity index (χ4v) is 4.97. The van der Waals surface area contributed by atoms with E-state index in [0.717, 1.165) is 30.6 Å². The van der Waals surface area contributed by atoms with Gasteiger partial charge in [-0.25, -0.2) is 22.7 Å². The van der Waals surface area contributed by atoms with E-state index < -0.39 is 63.3 Å². The van der Waals surface area contributed by atoms with Gasteiger partial charge in [-0.15, -0.1) is 0 Å². The third-order valence-corrected chi connectivity index (χ3v) is 6.11. The average molecular weight is 508 g/mol. The smallest absolute Gasteiger partial charge is 0.422 e. The Balaban J connectivity index is 2.35. The molecule has 31 heavy (non-hydrogen) atoms. The fraction of sp³-hybridized carbons (Fsp3) is 0.250. The van der Waals surface area contributed by atoms with E-state index >= 15 is 0 Å². The lowest BCUT2D eigenvalue weighted by Gasteiger charge is -2.32. The molecule has 0 spiro atoms. The number of anilines is 1. The summed E-state index contributed by atoms with van der Waals surface area (Å²) in [5.41, 5.74) is -1.06. The van der Waals surface area contributed by atoms with Gasteiger partial charge in [-0.1, -0.05) is 29.3 Å². The molecule has 0 aliphatic carbocycles. The predicted octanol–water partition coefficient (Wildman–Crippen LogP) is 4.90. The first-order valence-electron chi connectivity index (χ1n) is 8.01. The number of benzene rings is 1. The predicted molar refractivity (Wildman–Crippen MR) is 99.6 cm³/mol. The first-order valence-corrected chi connectivity index (χ1v) is 10.2. The molecule has 0 N–H and O–H groups in total. The second-order valence-corrected chi connectivity index (χ2v) is 8.68. The molecule has 0 saturated carbocycles. The number of alkyl halides is 6. The van der Waals surface area contributed by atoms with Crippen molar-refractivity contribution < 1.29 is 39.5 Å². The number of rotatable bonds is 4. The molecule has 0 fully saturated rings. The monoisotopic (exact) mass is 507 g/mol. The maximum atomic E-state index is 13.2.